The summed E-state index contributed by atoms with van der Waals surface area (Å²) in [5.41, 5.74) is 2.82. The Balaban J connectivity index is 1.64. The van der Waals surface area contributed by atoms with Gasteiger partial charge >= 0.3 is 6.03 Å². The fraction of sp³-hybridized carbons (Fsp3) is 0.429. The normalized spacial score (nSPS) is 23.8. The first kappa shape index (κ1) is 18.6. The Morgan fingerprint density at radius 1 is 1.18 bits per heavy atom. The van der Waals surface area contributed by atoms with Crippen LogP contribution in [0.4, 0.5) is 4.79 Å². The van der Waals surface area contributed by atoms with E-state index in [1.165, 1.54) is 0 Å². The minimum absolute atomic E-state index is 0.0547. The SMILES string of the molecule is O=C(NO)c1ccc2c(c1)OC[C@H](C1C=CC=CC1)N(C(=O)N1CCCC1)C2. The highest BCUT2D eigenvalue weighted by Crippen LogP contribution is 2.32. The summed E-state index contributed by atoms with van der Waals surface area (Å²) in [5, 5.41) is 8.88. The molecule has 1 aliphatic carbocycles. The Morgan fingerprint density at radius 2 is 2.00 bits per heavy atom. The van der Waals surface area contributed by atoms with Gasteiger partial charge in [0, 0.05) is 30.1 Å². The Hall–Kier alpha value is -2.80. The molecular weight excluding hydrogens is 358 g/mol. The number of urea groups is 1. The standard InChI is InChI=1S/C21H25N3O4/c25-20(22-27)16-8-9-17-13-24(21(26)23-10-4-5-11-23)18(14-28-19(17)12-16)15-6-2-1-3-7-15/h1-3,6,8-9,12,15,18,27H,4-5,7,10-11,13-14H2,(H,22,25)/t15?,18-/m1/s1. The van der Waals surface area contributed by atoms with Crippen LogP contribution < -0.4 is 10.2 Å². The lowest BCUT2D eigenvalue weighted by Crippen LogP contribution is -2.50. The van der Waals surface area contributed by atoms with Crippen molar-refractivity contribution in [3.63, 3.8) is 0 Å². The van der Waals surface area contributed by atoms with Crippen molar-refractivity contribution in [2.45, 2.75) is 31.8 Å². The maximum absolute atomic E-state index is 13.3. The van der Waals surface area contributed by atoms with E-state index in [9.17, 15) is 9.59 Å². The first-order valence-electron chi connectivity index (χ1n) is 9.76. The van der Waals surface area contributed by atoms with Crippen molar-refractivity contribution < 1.29 is 19.5 Å². The summed E-state index contributed by atoms with van der Waals surface area (Å²) in [7, 11) is 0. The predicted octanol–water partition coefficient (Wildman–Crippen LogP) is 2.72. The first-order valence-corrected chi connectivity index (χ1v) is 9.76. The molecule has 3 aliphatic rings. The van der Waals surface area contributed by atoms with Crippen LogP contribution in [0.1, 0.15) is 35.2 Å². The van der Waals surface area contributed by atoms with Gasteiger partial charge in [0.2, 0.25) is 0 Å². The zero-order chi connectivity index (χ0) is 19.5. The van der Waals surface area contributed by atoms with Crippen LogP contribution >= 0.6 is 0 Å². The van der Waals surface area contributed by atoms with Crippen LogP contribution in [0.5, 0.6) is 5.75 Å². The van der Waals surface area contributed by atoms with Crippen LogP contribution in [0, 0.1) is 5.92 Å². The van der Waals surface area contributed by atoms with Crippen molar-refractivity contribution in [1.82, 2.24) is 15.3 Å². The molecule has 0 radical (unpaired) electrons. The fourth-order valence-corrected chi connectivity index (χ4v) is 4.13. The average molecular weight is 383 g/mol. The number of likely N-dealkylation sites (tertiary alicyclic amines) is 1. The van der Waals surface area contributed by atoms with Gasteiger partial charge in [-0.3, -0.25) is 10.0 Å². The second kappa shape index (κ2) is 8.06. The molecule has 7 heteroatoms. The Bertz CT molecular complexity index is 814. The van der Waals surface area contributed by atoms with Gasteiger partial charge in [0.05, 0.1) is 12.6 Å². The predicted molar refractivity (Wildman–Crippen MR) is 103 cm³/mol. The maximum Gasteiger partial charge on any atom is 0.320 e. The van der Waals surface area contributed by atoms with Gasteiger partial charge in [0.1, 0.15) is 12.4 Å². The number of hydrogen-bond acceptors (Lipinski definition) is 4. The summed E-state index contributed by atoms with van der Waals surface area (Å²) in [5.74, 6) is 0.182. The molecule has 1 aromatic carbocycles. The number of carbonyl (C=O) groups excluding carboxylic acids is 2. The van der Waals surface area contributed by atoms with Crippen LogP contribution in [0.3, 0.4) is 0 Å². The number of nitrogens with zero attached hydrogens (tertiary/aromatic N) is 2. The van der Waals surface area contributed by atoms with E-state index in [4.69, 9.17) is 9.94 Å². The summed E-state index contributed by atoms with van der Waals surface area (Å²) in [6.07, 6.45) is 11.3. The van der Waals surface area contributed by atoms with Gasteiger partial charge in [-0.15, -0.1) is 0 Å². The molecule has 28 heavy (non-hydrogen) atoms. The van der Waals surface area contributed by atoms with Gasteiger partial charge in [-0.1, -0.05) is 30.4 Å². The minimum Gasteiger partial charge on any atom is -0.491 e. The molecule has 7 nitrogen and oxygen atoms in total. The molecule has 2 atom stereocenters. The molecule has 1 fully saturated rings. The summed E-state index contributed by atoms with van der Waals surface area (Å²) < 4.78 is 6.06. The lowest BCUT2D eigenvalue weighted by atomic mass is 9.92. The van der Waals surface area contributed by atoms with Crippen LogP contribution in [0.25, 0.3) is 0 Å². The minimum atomic E-state index is -0.586. The lowest BCUT2D eigenvalue weighted by molar-refractivity contribution is 0.0706. The highest BCUT2D eigenvalue weighted by atomic mass is 16.5. The van der Waals surface area contributed by atoms with E-state index >= 15 is 0 Å². The molecule has 2 aliphatic heterocycles. The highest BCUT2D eigenvalue weighted by molar-refractivity contribution is 5.93. The van der Waals surface area contributed by atoms with E-state index < -0.39 is 5.91 Å². The van der Waals surface area contributed by atoms with E-state index in [0.717, 1.165) is 37.9 Å². The summed E-state index contributed by atoms with van der Waals surface area (Å²) >= 11 is 0. The Kier molecular flexibility index (Phi) is 5.34. The number of fused-ring (bicyclic) bond motifs is 1. The van der Waals surface area contributed by atoms with Gasteiger partial charge in [0.25, 0.3) is 5.91 Å². The Labute approximate surface area is 164 Å². The van der Waals surface area contributed by atoms with Crippen molar-refractivity contribution in [2.75, 3.05) is 19.7 Å². The lowest BCUT2D eigenvalue weighted by Gasteiger charge is -2.36. The number of amides is 3. The molecule has 1 unspecified atom stereocenters. The fourth-order valence-electron chi connectivity index (χ4n) is 4.13. The van der Waals surface area contributed by atoms with Gasteiger partial charge in [-0.25, -0.2) is 10.3 Å². The molecule has 3 amide bonds. The molecule has 0 aromatic heterocycles. The van der Waals surface area contributed by atoms with E-state index in [0.29, 0.717) is 24.5 Å². The van der Waals surface area contributed by atoms with Gasteiger partial charge in [0.15, 0.2) is 0 Å². The molecule has 0 bridgehead atoms. The third kappa shape index (κ3) is 3.62. The third-order valence-corrected chi connectivity index (χ3v) is 5.71. The number of carbonyl (C=O) groups is 2. The summed E-state index contributed by atoms with van der Waals surface area (Å²) in [6, 6.07) is 5.02. The third-order valence-electron chi connectivity index (χ3n) is 5.71. The van der Waals surface area contributed by atoms with Crippen molar-refractivity contribution >= 4 is 11.9 Å². The number of benzene rings is 1. The number of hydroxylamine groups is 1. The molecule has 0 spiro atoms. The first-order chi connectivity index (χ1) is 13.7. The molecule has 148 valence electrons. The topological polar surface area (TPSA) is 82.1 Å². The number of ether oxygens (including phenoxy) is 1. The zero-order valence-electron chi connectivity index (χ0n) is 15.7. The van der Waals surface area contributed by atoms with E-state index in [1.54, 1.807) is 23.7 Å². The number of hydrogen-bond donors (Lipinski definition) is 2. The summed E-state index contributed by atoms with van der Waals surface area (Å²) in [6.45, 7) is 2.39. The molecule has 4 rings (SSSR count). The molecule has 1 aromatic rings. The van der Waals surface area contributed by atoms with E-state index in [1.807, 2.05) is 22.0 Å². The second-order valence-corrected chi connectivity index (χ2v) is 7.46. The molecule has 2 heterocycles. The van der Waals surface area contributed by atoms with Crippen LogP contribution in [0.15, 0.2) is 42.5 Å². The van der Waals surface area contributed by atoms with Crippen LogP contribution in [0.2, 0.25) is 0 Å². The quantitative estimate of drug-likeness (QED) is 0.608. The molecule has 0 saturated carbocycles. The largest absolute Gasteiger partial charge is 0.491 e. The van der Waals surface area contributed by atoms with Gasteiger partial charge in [-0.05, 0) is 31.4 Å². The molecule has 2 N–H and O–H groups in total. The monoisotopic (exact) mass is 383 g/mol. The second-order valence-electron chi connectivity index (χ2n) is 7.46. The molecular formula is C21H25N3O4. The zero-order valence-corrected chi connectivity index (χ0v) is 15.7. The number of rotatable bonds is 2. The smallest absolute Gasteiger partial charge is 0.320 e. The van der Waals surface area contributed by atoms with Crippen LogP contribution in [-0.2, 0) is 6.54 Å². The summed E-state index contributed by atoms with van der Waals surface area (Å²) in [4.78, 5) is 28.9. The van der Waals surface area contributed by atoms with Crippen molar-refractivity contribution in [2.24, 2.45) is 5.92 Å². The van der Waals surface area contributed by atoms with Gasteiger partial charge < -0.3 is 14.5 Å². The number of allylic oxidation sites excluding steroid dienone is 3. The maximum atomic E-state index is 13.3. The van der Waals surface area contributed by atoms with E-state index in [2.05, 4.69) is 12.2 Å². The van der Waals surface area contributed by atoms with Crippen molar-refractivity contribution in [3.8, 4) is 5.75 Å². The van der Waals surface area contributed by atoms with Crippen molar-refractivity contribution in [1.29, 1.82) is 0 Å². The van der Waals surface area contributed by atoms with Crippen LogP contribution in [-0.4, -0.2) is 52.7 Å². The van der Waals surface area contributed by atoms with Crippen molar-refractivity contribution in [3.05, 3.63) is 53.6 Å². The molecule has 1 saturated heterocycles. The number of nitrogens with one attached hydrogen (secondary N) is 1. The van der Waals surface area contributed by atoms with E-state index in [-0.39, 0.29) is 18.0 Å². The average Bonchev–Trinajstić information content (AvgIpc) is 3.21. The Morgan fingerprint density at radius 3 is 2.71 bits per heavy atom. The van der Waals surface area contributed by atoms with Gasteiger partial charge in [-0.2, -0.15) is 0 Å². The highest BCUT2D eigenvalue weighted by Gasteiger charge is 2.36.